The summed E-state index contributed by atoms with van der Waals surface area (Å²) in [6.45, 7) is 13.3. The molecule has 4 saturated heterocycles. The average Bonchev–Trinajstić information content (AvgIpc) is 3.84. The summed E-state index contributed by atoms with van der Waals surface area (Å²) in [6, 6.07) is 21.3. The number of amides is 6. The van der Waals surface area contributed by atoms with Crippen LogP contribution in [0.25, 0.3) is 10.1 Å². The Labute approximate surface area is 454 Å². The Kier molecular flexibility index (Phi) is 19.5. The normalized spacial score (nSPS) is 19.2. The van der Waals surface area contributed by atoms with Gasteiger partial charge < -0.3 is 34.4 Å². The SMILES string of the molecule is CC(C)(C)OC(=O)N1CCCC[C@@H]1C(=O)N1CCN(C(=O)OCc2ccccc2)CC1.CC(C)C[C@H](NC(=O)c1cc2ccccc2s1)C(=O)N1CCN(C(=O)[C@H]2CCCCN2S(=O)(=O)c2ccc(Cl)cc2Cl)CC1. The number of nitrogens with zero attached hydrogens (tertiary/aromatic N) is 6. The molecule has 4 fully saturated rings. The topological polar surface area (TPSA) is 186 Å². The Morgan fingerprint density at radius 3 is 1.91 bits per heavy atom. The number of thiophene rings is 1. The molecule has 0 bridgehead atoms. The number of fused-ring (bicyclic) bond motifs is 1. The van der Waals surface area contributed by atoms with Gasteiger partial charge in [0.25, 0.3) is 5.91 Å². The maximum atomic E-state index is 13.7. The summed E-state index contributed by atoms with van der Waals surface area (Å²) < 4.78 is 40.4. The summed E-state index contributed by atoms with van der Waals surface area (Å²) in [6.07, 6.45) is 3.85. The van der Waals surface area contributed by atoms with E-state index in [0.29, 0.717) is 81.4 Å². The third-order valence-corrected chi connectivity index (χ3v) is 17.3. The van der Waals surface area contributed by atoms with Crippen molar-refractivity contribution in [2.24, 2.45) is 5.92 Å². The molecular formula is C54H69Cl2N7O10S2. The summed E-state index contributed by atoms with van der Waals surface area (Å²) in [7, 11) is -4.04. The lowest BCUT2D eigenvalue weighted by atomic mass is 10.0. The van der Waals surface area contributed by atoms with Gasteiger partial charge in [-0.1, -0.05) is 92.0 Å². The van der Waals surface area contributed by atoms with Crippen LogP contribution in [-0.4, -0.2) is 162 Å². The van der Waals surface area contributed by atoms with E-state index in [1.165, 1.54) is 33.8 Å². The molecule has 0 aliphatic carbocycles. The second kappa shape index (κ2) is 25.6. The Morgan fingerprint density at radius 1 is 0.693 bits per heavy atom. The zero-order chi connectivity index (χ0) is 54.0. The van der Waals surface area contributed by atoms with E-state index in [4.69, 9.17) is 32.7 Å². The van der Waals surface area contributed by atoms with Crippen LogP contribution < -0.4 is 5.32 Å². The number of ether oxygens (including phenoxy) is 2. The summed E-state index contributed by atoms with van der Waals surface area (Å²) in [4.78, 5) is 87.4. The molecule has 6 amide bonds. The van der Waals surface area contributed by atoms with Crippen molar-refractivity contribution in [2.45, 2.75) is 115 Å². The molecule has 17 nitrogen and oxygen atoms in total. The van der Waals surface area contributed by atoms with Crippen molar-refractivity contribution >= 4 is 90.5 Å². The van der Waals surface area contributed by atoms with Crippen molar-refractivity contribution in [3.8, 4) is 0 Å². The number of sulfonamides is 1. The van der Waals surface area contributed by atoms with Crippen LogP contribution in [0.2, 0.25) is 10.0 Å². The van der Waals surface area contributed by atoms with Gasteiger partial charge in [-0.25, -0.2) is 18.0 Å². The molecule has 3 atom stereocenters. The fourth-order valence-electron chi connectivity index (χ4n) is 9.70. The Balaban J connectivity index is 0.000000233. The van der Waals surface area contributed by atoms with Crippen LogP contribution >= 0.6 is 34.5 Å². The van der Waals surface area contributed by atoms with Crippen LogP contribution in [0.5, 0.6) is 0 Å². The molecule has 8 rings (SSSR count). The molecule has 5 heterocycles. The Bertz CT molecular complexity index is 2740. The number of hydrogen-bond acceptors (Lipinski definition) is 11. The van der Waals surface area contributed by atoms with Crippen molar-refractivity contribution < 1.29 is 46.7 Å². The zero-order valence-electron chi connectivity index (χ0n) is 43.4. The van der Waals surface area contributed by atoms with E-state index in [2.05, 4.69) is 5.32 Å². The second-order valence-corrected chi connectivity index (χ2v) is 24.5. The lowest BCUT2D eigenvalue weighted by Gasteiger charge is -2.41. The van der Waals surface area contributed by atoms with Crippen molar-refractivity contribution in [2.75, 3.05) is 65.4 Å². The maximum absolute atomic E-state index is 13.7. The number of benzene rings is 3. The fourth-order valence-corrected chi connectivity index (χ4v) is 13.1. The summed E-state index contributed by atoms with van der Waals surface area (Å²) in [5.41, 5.74) is 0.331. The average molecular weight is 1110 g/mol. The number of likely N-dealkylation sites (tertiary alicyclic amines) is 1. The van der Waals surface area contributed by atoms with Gasteiger partial charge >= 0.3 is 12.2 Å². The highest BCUT2D eigenvalue weighted by Crippen LogP contribution is 2.33. The van der Waals surface area contributed by atoms with Crippen molar-refractivity contribution in [3.63, 3.8) is 0 Å². The van der Waals surface area contributed by atoms with Crippen LogP contribution in [0, 0.1) is 5.92 Å². The fraction of sp³-hybridized carbons (Fsp3) is 0.519. The molecule has 21 heteroatoms. The van der Waals surface area contributed by atoms with Gasteiger partial charge in [0.2, 0.25) is 27.7 Å². The molecule has 4 aromatic rings. The standard InChI is InChI=1S/C31H36Cl2N4O5S2.C23H33N3O5/c1-20(2)17-24(34-29(38)27-18-21-7-3-4-9-26(21)43-27)30(39)35-13-15-36(16-14-35)31(40)25-8-5-6-12-37(25)44(41,42)28-11-10-22(32)19-23(28)33;1-23(2,3)31-22(29)26-12-8-7-11-19(26)20(27)24-13-15-25(16-14-24)21(28)30-17-18-9-5-4-6-10-18/h3-4,7,9-11,18-20,24-25H,5-6,8,12-17H2,1-2H3,(H,34,38);4-6,9-10,19H,7-8,11-17H2,1-3H3/t24-,25+;19-/m01/s1. The van der Waals surface area contributed by atoms with E-state index in [-0.39, 0.29) is 71.8 Å². The van der Waals surface area contributed by atoms with Gasteiger partial charge in [0.1, 0.15) is 35.2 Å². The molecule has 4 aliphatic rings. The van der Waals surface area contributed by atoms with Gasteiger partial charge in [-0.15, -0.1) is 11.3 Å². The van der Waals surface area contributed by atoms with Crippen molar-refractivity contribution in [1.29, 1.82) is 0 Å². The number of halogens is 2. The van der Waals surface area contributed by atoms with Gasteiger partial charge in [-0.2, -0.15) is 4.31 Å². The monoisotopic (exact) mass is 1110 g/mol. The predicted octanol–water partition coefficient (Wildman–Crippen LogP) is 8.52. The smallest absolute Gasteiger partial charge is 0.410 e. The second-order valence-electron chi connectivity index (χ2n) is 20.7. The Hall–Kier alpha value is -5.47. The first-order chi connectivity index (χ1) is 35.7. The predicted molar refractivity (Wildman–Crippen MR) is 289 cm³/mol. The number of nitrogens with one attached hydrogen (secondary N) is 1. The van der Waals surface area contributed by atoms with Gasteiger partial charge in [-0.3, -0.25) is 24.1 Å². The Morgan fingerprint density at radius 2 is 1.28 bits per heavy atom. The minimum Gasteiger partial charge on any atom is -0.445 e. The summed E-state index contributed by atoms with van der Waals surface area (Å²) in [5, 5.41) is 4.28. The molecule has 0 unspecified atom stereocenters. The van der Waals surface area contributed by atoms with Crippen LogP contribution in [0.4, 0.5) is 9.59 Å². The summed E-state index contributed by atoms with van der Waals surface area (Å²) >= 11 is 13.6. The van der Waals surface area contributed by atoms with E-state index in [1.54, 1.807) is 24.5 Å². The molecule has 0 saturated carbocycles. The highest BCUT2D eigenvalue weighted by Gasteiger charge is 2.42. The van der Waals surface area contributed by atoms with Crippen molar-refractivity contribution in [1.82, 2.24) is 34.1 Å². The lowest BCUT2D eigenvalue weighted by Crippen LogP contribution is -2.59. The minimum absolute atomic E-state index is 0.0109. The number of piperidine rings is 2. The number of piperazine rings is 2. The lowest BCUT2D eigenvalue weighted by molar-refractivity contribution is -0.143. The van der Waals surface area contributed by atoms with E-state index < -0.39 is 39.8 Å². The van der Waals surface area contributed by atoms with Crippen LogP contribution in [0.15, 0.2) is 83.8 Å². The highest BCUT2D eigenvalue weighted by atomic mass is 35.5. The molecule has 406 valence electrons. The van der Waals surface area contributed by atoms with Crippen molar-refractivity contribution in [3.05, 3.63) is 99.3 Å². The minimum atomic E-state index is -4.04. The van der Waals surface area contributed by atoms with Gasteiger partial charge in [-0.05, 0) is 106 Å². The summed E-state index contributed by atoms with van der Waals surface area (Å²) in [5.74, 6) is -0.633. The molecule has 1 N–H and O–H groups in total. The first kappa shape index (κ1) is 57.2. The van der Waals surface area contributed by atoms with E-state index >= 15 is 0 Å². The number of carbonyl (C=O) groups is 6. The maximum Gasteiger partial charge on any atom is 0.410 e. The first-order valence-electron chi connectivity index (χ1n) is 25.8. The number of carbonyl (C=O) groups excluding carboxylic acids is 6. The van der Waals surface area contributed by atoms with Gasteiger partial charge in [0.15, 0.2) is 0 Å². The zero-order valence-corrected chi connectivity index (χ0v) is 46.5. The van der Waals surface area contributed by atoms with E-state index in [0.717, 1.165) is 34.9 Å². The first-order valence-corrected chi connectivity index (χ1v) is 28.8. The largest absolute Gasteiger partial charge is 0.445 e. The quantitative estimate of drug-likeness (QED) is 0.153. The molecule has 1 aromatic heterocycles. The van der Waals surface area contributed by atoms with Gasteiger partial charge in [0.05, 0.1) is 9.90 Å². The molecule has 3 aromatic carbocycles. The number of hydrogen-bond donors (Lipinski definition) is 1. The van der Waals surface area contributed by atoms with E-state index in [9.17, 15) is 37.2 Å². The van der Waals surface area contributed by atoms with Gasteiger partial charge in [0, 0.05) is 75.2 Å². The molecule has 75 heavy (non-hydrogen) atoms. The number of rotatable bonds is 11. The van der Waals surface area contributed by atoms with Crippen LogP contribution in [-0.2, 0) is 40.5 Å². The molecule has 0 spiro atoms. The van der Waals surface area contributed by atoms with Crippen LogP contribution in [0.1, 0.15) is 94.8 Å². The van der Waals surface area contributed by atoms with Crippen LogP contribution in [0.3, 0.4) is 0 Å². The molecular weight excluding hydrogens is 1040 g/mol. The third-order valence-electron chi connectivity index (χ3n) is 13.6. The molecule has 0 radical (unpaired) electrons. The third kappa shape index (κ3) is 14.9. The highest BCUT2D eigenvalue weighted by molar-refractivity contribution is 7.89. The molecule has 4 aliphatic heterocycles. The van der Waals surface area contributed by atoms with E-state index in [1.807, 2.05) is 95.3 Å².